The first-order chi connectivity index (χ1) is 17.4. The van der Waals surface area contributed by atoms with Crippen molar-refractivity contribution in [3.8, 4) is 0 Å². The molecule has 196 valence electrons. The molecule has 5 atom stereocenters. The van der Waals surface area contributed by atoms with Gasteiger partial charge in [-0.05, 0) is 70.9 Å². The molecule has 0 spiro atoms. The molecular weight excluding hydrogens is 513 g/mol. The van der Waals surface area contributed by atoms with E-state index in [2.05, 4.69) is 101 Å². The van der Waals surface area contributed by atoms with Crippen LogP contribution in [0.25, 0.3) is 0 Å². The number of amides is 1. The number of rotatable bonds is 7. The summed E-state index contributed by atoms with van der Waals surface area (Å²) in [4.78, 5) is 14.3. The van der Waals surface area contributed by atoms with Crippen molar-refractivity contribution in [2.24, 2.45) is 17.6 Å². The van der Waals surface area contributed by atoms with Gasteiger partial charge in [0.2, 0.25) is 5.91 Å². The van der Waals surface area contributed by atoms with Crippen LogP contribution in [0.2, 0.25) is 0 Å². The smallest absolute Gasteiger partial charge is 0.248 e. The van der Waals surface area contributed by atoms with Gasteiger partial charge in [0.15, 0.2) is 5.54 Å². The Morgan fingerprint density at radius 3 is 2.32 bits per heavy atom. The predicted molar refractivity (Wildman–Crippen MR) is 168 cm³/mol. The highest BCUT2D eigenvalue weighted by molar-refractivity contribution is 7.29. The Hall–Kier alpha value is -2.05. The molecule has 0 saturated carbocycles. The monoisotopic (exact) mass is 552 g/mol. The van der Waals surface area contributed by atoms with Crippen molar-refractivity contribution in [3.05, 3.63) is 72.1 Å². The maximum absolute atomic E-state index is 14.3. The fraction of sp³-hybridized carbons (Fsp3) is 0.379. The minimum absolute atomic E-state index is 0.0200. The van der Waals surface area contributed by atoms with E-state index in [1.54, 1.807) is 0 Å². The number of carbonyl (C=O) groups excluding carboxylic acids is 1. The number of aryl methyl sites for hydroxylation is 1. The standard InChI is InChI=1S/C29H39N4OP3/c1-28(2,3)15-7-16-30-27(34)29(4)25(23-8-6-17-32(23)5)26(19-9-11-20(35)12-10-19)31-33(29)22-14-13-21(36)18-24(22)37/h6,8-14,17-18,25H,7,15-16,35-37H2,1-5H3,(H,30,34). The van der Waals surface area contributed by atoms with Gasteiger partial charge >= 0.3 is 0 Å². The van der Waals surface area contributed by atoms with Gasteiger partial charge in [0, 0.05) is 25.5 Å². The van der Waals surface area contributed by atoms with Crippen molar-refractivity contribution in [3.63, 3.8) is 0 Å². The SMILES string of the molecule is Cn1cccc1C1C(c2ccc(P)cc2)=NN(c2ccc(P)cc2P)C1(C)C(=O)NCCCC(C)(C)C. The molecule has 0 radical (unpaired) electrons. The molecule has 0 bridgehead atoms. The molecule has 1 aromatic heterocycles. The van der Waals surface area contributed by atoms with Crippen molar-refractivity contribution in [2.45, 2.75) is 52.0 Å². The van der Waals surface area contributed by atoms with Crippen LogP contribution in [0.4, 0.5) is 5.69 Å². The van der Waals surface area contributed by atoms with Crippen LogP contribution in [0.15, 0.2) is 65.9 Å². The first kappa shape index (κ1) is 28.0. The molecule has 37 heavy (non-hydrogen) atoms. The summed E-state index contributed by atoms with van der Waals surface area (Å²) in [6, 6.07) is 18.6. The van der Waals surface area contributed by atoms with Gasteiger partial charge in [-0.2, -0.15) is 5.10 Å². The molecule has 1 amide bonds. The summed E-state index contributed by atoms with van der Waals surface area (Å²) in [5.41, 5.74) is 3.11. The summed E-state index contributed by atoms with van der Waals surface area (Å²) in [6.07, 6.45) is 4.01. The van der Waals surface area contributed by atoms with Gasteiger partial charge in [-0.1, -0.05) is 51.1 Å². The zero-order valence-electron chi connectivity index (χ0n) is 22.5. The molecule has 0 saturated heterocycles. The van der Waals surface area contributed by atoms with E-state index in [0.29, 0.717) is 6.54 Å². The van der Waals surface area contributed by atoms with E-state index in [1.807, 2.05) is 37.3 Å². The number of benzene rings is 2. The Kier molecular flexibility index (Phi) is 8.30. The third-order valence-corrected chi connectivity index (χ3v) is 8.30. The number of hydrogen-bond donors (Lipinski definition) is 1. The summed E-state index contributed by atoms with van der Waals surface area (Å²) in [5, 5.41) is 13.6. The second-order valence-corrected chi connectivity index (χ2v) is 13.2. The van der Waals surface area contributed by atoms with Crippen LogP contribution >= 0.6 is 27.7 Å². The number of anilines is 1. The number of carbonyl (C=O) groups is 1. The normalized spacial score (nSPS) is 19.7. The Morgan fingerprint density at radius 1 is 1.05 bits per heavy atom. The van der Waals surface area contributed by atoms with Crippen LogP contribution in [0.5, 0.6) is 0 Å². The van der Waals surface area contributed by atoms with Crippen LogP contribution in [-0.4, -0.2) is 28.3 Å². The van der Waals surface area contributed by atoms with Gasteiger partial charge in [-0.25, -0.2) is 5.01 Å². The van der Waals surface area contributed by atoms with Gasteiger partial charge in [0.1, 0.15) is 0 Å². The lowest BCUT2D eigenvalue weighted by molar-refractivity contribution is -0.126. The highest BCUT2D eigenvalue weighted by atomic mass is 31.0. The van der Waals surface area contributed by atoms with Crippen molar-refractivity contribution in [1.29, 1.82) is 0 Å². The minimum atomic E-state index is -0.976. The van der Waals surface area contributed by atoms with E-state index < -0.39 is 5.54 Å². The molecule has 0 aliphatic carbocycles. The van der Waals surface area contributed by atoms with E-state index in [-0.39, 0.29) is 17.2 Å². The Bertz CT molecular complexity index is 1310. The Balaban J connectivity index is 1.84. The third-order valence-electron chi connectivity index (χ3n) is 7.10. The molecular formula is C29H39N4OP3. The number of aromatic nitrogens is 1. The fourth-order valence-electron chi connectivity index (χ4n) is 5.04. The second-order valence-electron chi connectivity index (χ2n) is 11.3. The molecule has 3 aromatic rings. The summed E-state index contributed by atoms with van der Waals surface area (Å²) < 4.78 is 2.10. The molecule has 1 N–H and O–H groups in total. The van der Waals surface area contributed by atoms with E-state index in [4.69, 9.17) is 5.10 Å². The molecule has 2 heterocycles. The largest absolute Gasteiger partial charge is 0.354 e. The van der Waals surface area contributed by atoms with Crippen LogP contribution in [0.3, 0.4) is 0 Å². The van der Waals surface area contributed by atoms with Crippen molar-refractivity contribution < 1.29 is 4.79 Å². The van der Waals surface area contributed by atoms with Gasteiger partial charge in [-0.3, -0.25) is 4.79 Å². The maximum atomic E-state index is 14.3. The number of hydrogen-bond acceptors (Lipinski definition) is 3. The molecule has 5 nitrogen and oxygen atoms in total. The topological polar surface area (TPSA) is 49.6 Å². The Labute approximate surface area is 228 Å². The quantitative estimate of drug-likeness (QED) is 0.352. The van der Waals surface area contributed by atoms with Crippen LogP contribution in [-0.2, 0) is 11.8 Å². The first-order valence-corrected chi connectivity index (χ1v) is 14.4. The highest BCUT2D eigenvalue weighted by Crippen LogP contribution is 2.44. The van der Waals surface area contributed by atoms with Gasteiger partial charge in [0.25, 0.3) is 0 Å². The van der Waals surface area contributed by atoms with Gasteiger partial charge < -0.3 is 9.88 Å². The molecule has 4 rings (SSSR count). The average Bonchev–Trinajstić information content (AvgIpc) is 3.37. The fourth-order valence-corrected chi connectivity index (χ4v) is 6.11. The maximum Gasteiger partial charge on any atom is 0.248 e. The zero-order valence-corrected chi connectivity index (χ0v) is 25.9. The summed E-state index contributed by atoms with van der Waals surface area (Å²) in [6.45, 7) is 9.36. The minimum Gasteiger partial charge on any atom is -0.354 e. The van der Waals surface area contributed by atoms with Gasteiger partial charge in [0.05, 0.1) is 17.3 Å². The number of hydrazone groups is 1. The second kappa shape index (κ2) is 11.0. The highest BCUT2D eigenvalue weighted by Gasteiger charge is 2.55. The third kappa shape index (κ3) is 5.85. The molecule has 0 fully saturated rings. The first-order valence-electron chi connectivity index (χ1n) is 12.7. The lowest BCUT2D eigenvalue weighted by Gasteiger charge is -2.38. The molecule has 1 aliphatic rings. The number of nitrogens with one attached hydrogen (secondary N) is 1. The van der Waals surface area contributed by atoms with E-state index >= 15 is 0 Å². The van der Waals surface area contributed by atoms with Crippen molar-refractivity contribution in [1.82, 2.24) is 9.88 Å². The van der Waals surface area contributed by atoms with E-state index in [0.717, 1.165) is 51.4 Å². The van der Waals surface area contributed by atoms with Gasteiger partial charge in [-0.15, -0.1) is 27.7 Å². The van der Waals surface area contributed by atoms with E-state index in [1.165, 1.54) is 0 Å². The predicted octanol–water partition coefficient (Wildman–Crippen LogP) is 4.24. The lowest BCUT2D eigenvalue weighted by Crippen LogP contribution is -2.58. The average molecular weight is 553 g/mol. The molecule has 2 aromatic carbocycles. The van der Waals surface area contributed by atoms with Crippen LogP contribution in [0.1, 0.15) is 57.7 Å². The van der Waals surface area contributed by atoms with Crippen LogP contribution in [0, 0.1) is 5.41 Å². The van der Waals surface area contributed by atoms with Crippen molar-refractivity contribution in [2.75, 3.05) is 11.6 Å². The summed E-state index contributed by atoms with van der Waals surface area (Å²) >= 11 is 0. The number of nitrogens with zero attached hydrogens (tertiary/aromatic N) is 3. The van der Waals surface area contributed by atoms with Crippen LogP contribution < -0.4 is 26.2 Å². The summed E-state index contributed by atoms with van der Waals surface area (Å²) in [5.74, 6) is -0.293. The molecule has 1 aliphatic heterocycles. The molecule has 8 heteroatoms. The van der Waals surface area contributed by atoms with E-state index in [9.17, 15) is 4.79 Å². The molecule has 5 unspecified atom stereocenters. The lowest BCUT2D eigenvalue weighted by atomic mass is 9.77. The summed E-state index contributed by atoms with van der Waals surface area (Å²) in [7, 11) is 10.3. The van der Waals surface area contributed by atoms with Crippen molar-refractivity contribution >= 4 is 60.9 Å². The zero-order chi connectivity index (χ0) is 27.0. The Morgan fingerprint density at radius 2 is 1.73 bits per heavy atom.